The lowest BCUT2D eigenvalue weighted by Gasteiger charge is -2.13. The van der Waals surface area contributed by atoms with E-state index in [4.69, 9.17) is 0 Å². The molecule has 0 fully saturated rings. The molecule has 21 heavy (non-hydrogen) atoms. The van der Waals surface area contributed by atoms with Gasteiger partial charge in [0.1, 0.15) is 11.6 Å². The summed E-state index contributed by atoms with van der Waals surface area (Å²) in [5.74, 6) is 0.459. The predicted octanol–water partition coefficient (Wildman–Crippen LogP) is 3.75. The van der Waals surface area contributed by atoms with E-state index in [-0.39, 0.29) is 5.82 Å². The summed E-state index contributed by atoms with van der Waals surface area (Å²) in [5.41, 5.74) is 2.58. The number of aromatic nitrogens is 2. The van der Waals surface area contributed by atoms with Gasteiger partial charge in [0, 0.05) is 17.9 Å². The first-order valence-corrected chi connectivity index (χ1v) is 7.39. The van der Waals surface area contributed by atoms with Gasteiger partial charge in [-0.1, -0.05) is 34.1 Å². The van der Waals surface area contributed by atoms with E-state index in [1.54, 1.807) is 6.07 Å². The number of para-hydroxylation sites is 2. The molecule has 0 spiro atoms. The maximum atomic E-state index is 13.1. The second kappa shape index (κ2) is 5.58. The Balaban J connectivity index is 1.92. The van der Waals surface area contributed by atoms with Crippen molar-refractivity contribution in [3.05, 3.63) is 64.1 Å². The molecule has 2 aromatic carbocycles. The predicted molar refractivity (Wildman–Crippen MR) is 83.5 cm³/mol. The molecule has 108 valence electrons. The smallest absolute Gasteiger partial charge is 0.124 e. The number of imidazole rings is 1. The van der Waals surface area contributed by atoms with Crippen LogP contribution in [0.1, 0.15) is 17.5 Å². The van der Waals surface area contributed by atoms with Crippen LogP contribution in [-0.2, 0) is 13.5 Å². The van der Waals surface area contributed by atoms with Crippen molar-refractivity contribution in [2.24, 2.45) is 7.05 Å². The quantitative estimate of drug-likeness (QED) is 0.782. The first kappa shape index (κ1) is 14.2. The van der Waals surface area contributed by atoms with Crippen LogP contribution in [0.2, 0.25) is 0 Å². The number of aryl methyl sites for hydroxylation is 1. The van der Waals surface area contributed by atoms with Gasteiger partial charge in [-0.25, -0.2) is 9.37 Å². The molecule has 1 N–H and O–H groups in total. The maximum Gasteiger partial charge on any atom is 0.124 e. The van der Waals surface area contributed by atoms with Gasteiger partial charge < -0.3 is 9.67 Å². The number of halogens is 2. The Kier molecular flexibility index (Phi) is 3.78. The van der Waals surface area contributed by atoms with Crippen LogP contribution in [0.5, 0.6) is 0 Å². The third-order valence-corrected chi connectivity index (χ3v) is 4.26. The topological polar surface area (TPSA) is 38.0 Å². The van der Waals surface area contributed by atoms with Crippen LogP contribution in [-0.4, -0.2) is 14.7 Å². The van der Waals surface area contributed by atoms with Crippen molar-refractivity contribution in [1.82, 2.24) is 9.55 Å². The highest BCUT2D eigenvalue weighted by atomic mass is 79.9. The summed E-state index contributed by atoms with van der Waals surface area (Å²) in [7, 11) is 1.93. The third kappa shape index (κ3) is 2.71. The van der Waals surface area contributed by atoms with Gasteiger partial charge in [0.05, 0.1) is 17.1 Å². The van der Waals surface area contributed by atoms with Crippen molar-refractivity contribution in [2.75, 3.05) is 0 Å². The highest BCUT2D eigenvalue weighted by Gasteiger charge is 2.16. The standard InChI is InChI=1S/C16H14BrFN2O/c1-20-14-5-3-2-4-13(14)19-16(20)9-15(21)11-7-6-10(18)8-12(11)17/h2-8,15,21H,9H2,1H3. The van der Waals surface area contributed by atoms with Gasteiger partial charge in [-0.05, 0) is 29.8 Å². The van der Waals surface area contributed by atoms with Gasteiger partial charge in [0.2, 0.25) is 0 Å². The van der Waals surface area contributed by atoms with E-state index >= 15 is 0 Å². The van der Waals surface area contributed by atoms with E-state index in [2.05, 4.69) is 20.9 Å². The van der Waals surface area contributed by atoms with E-state index < -0.39 is 6.10 Å². The van der Waals surface area contributed by atoms with E-state index in [1.807, 2.05) is 35.9 Å². The molecule has 0 amide bonds. The molecule has 3 rings (SSSR count). The van der Waals surface area contributed by atoms with E-state index in [9.17, 15) is 9.50 Å². The fourth-order valence-electron chi connectivity index (χ4n) is 2.43. The van der Waals surface area contributed by atoms with Crippen molar-refractivity contribution in [1.29, 1.82) is 0 Å². The van der Waals surface area contributed by atoms with Crippen LogP contribution in [0.4, 0.5) is 4.39 Å². The van der Waals surface area contributed by atoms with Crippen LogP contribution < -0.4 is 0 Å². The van der Waals surface area contributed by atoms with Gasteiger partial charge in [-0.15, -0.1) is 0 Å². The fourth-order valence-corrected chi connectivity index (χ4v) is 3.05. The molecular formula is C16H14BrFN2O. The summed E-state index contributed by atoms with van der Waals surface area (Å²) in [5, 5.41) is 10.4. The fraction of sp³-hybridized carbons (Fsp3) is 0.188. The molecule has 1 unspecified atom stereocenters. The molecular weight excluding hydrogens is 335 g/mol. The number of rotatable bonds is 3. The molecule has 0 aliphatic carbocycles. The van der Waals surface area contributed by atoms with Gasteiger partial charge in [-0.2, -0.15) is 0 Å². The number of hydrogen-bond donors (Lipinski definition) is 1. The Morgan fingerprint density at radius 1 is 1.29 bits per heavy atom. The molecule has 1 aromatic heterocycles. The second-order valence-corrected chi connectivity index (χ2v) is 5.82. The summed E-state index contributed by atoms with van der Waals surface area (Å²) in [6.07, 6.45) is -0.370. The average Bonchev–Trinajstić information content (AvgIpc) is 2.76. The van der Waals surface area contributed by atoms with Crippen LogP contribution in [0.15, 0.2) is 46.9 Å². The molecule has 0 bridgehead atoms. The summed E-state index contributed by atoms with van der Waals surface area (Å²) >= 11 is 3.29. The van der Waals surface area contributed by atoms with E-state index in [0.29, 0.717) is 16.5 Å². The molecule has 0 saturated carbocycles. The highest BCUT2D eigenvalue weighted by molar-refractivity contribution is 9.10. The number of aliphatic hydroxyl groups is 1. The van der Waals surface area contributed by atoms with Crippen LogP contribution in [0.3, 0.4) is 0 Å². The van der Waals surface area contributed by atoms with Crippen LogP contribution in [0.25, 0.3) is 11.0 Å². The Morgan fingerprint density at radius 2 is 2.05 bits per heavy atom. The SMILES string of the molecule is Cn1c(CC(O)c2ccc(F)cc2Br)nc2ccccc21. The number of fused-ring (bicyclic) bond motifs is 1. The largest absolute Gasteiger partial charge is 0.388 e. The summed E-state index contributed by atoms with van der Waals surface area (Å²) < 4.78 is 15.6. The van der Waals surface area contributed by atoms with Gasteiger partial charge in [-0.3, -0.25) is 0 Å². The number of nitrogens with zero attached hydrogens (tertiary/aromatic N) is 2. The lowest BCUT2D eigenvalue weighted by molar-refractivity contribution is 0.174. The molecule has 3 nitrogen and oxygen atoms in total. The first-order chi connectivity index (χ1) is 10.1. The van der Waals surface area contributed by atoms with Crippen molar-refractivity contribution in [2.45, 2.75) is 12.5 Å². The molecule has 5 heteroatoms. The molecule has 1 atom stereocenters. The minimum atomic E-state index is -0.740. The van der Waals surface area contributed by atoms with Crippen LogP contribution >= 0.6 is 15.9 Å². The third-order valence-electron chi connectivity index (χ3n) is 3.58. The Bertz CT molecular complexity index is 800. The van der Waals surface area contributed by atoms with Crippen molar-refractivity contribution >= 4 is 27.0 Å². The molecule has 0 aliphatic rings. The summed E-state index contributed by atoms with van der Waals surface area (Å²) in [6, 6.07) is 12.1. The van der Waals surface area contributed by atoms with E-state index in [1.165, 1.54) is 12.1 Å². The minimum Gasteiger partial charge on any atom is -0.388 e. The van der Waals surface area contributed by atoms with Crippen molar-refractivity contribution in [3.63, 3.8) is 0 Å². The molecule has 0 saturated heterocycles. The lowest BCUT2D eigenvalue weighted by atomic mass is 10.1. The molecule has 1 heterocycles. The lowest BCUT2D eigenvalue weighted by Crippen LogP contribution is -2.07. The van der Waals surface area contributed by atoms with Gasteiger partial charge in [0.15, 0.2) is 0 Å². The van der Waals surface area contributed by atoms with E-state index in [0.717, 1.165) is 16.9 Å². The molecule has 0 radical (unpaired) electrons. The number of aliphatic hydroxyl groups excluding tert-OH is 1. The minimum absolute atomic E-state index is 0.333. The highest BCUT2D eigenvalue weighted by Crippen LogP contribution is 2.27. The number of benzene rings is 2. The maximum absolute atomic E-state index is 13.1. The Labute approximate surface area is 130 Å². The van der Waals surface area contributed by atoms with Crippen molar-refractivity contribution in [3.8, 4) is 0 Å². The average molecular weight is 349 g/mol. The normalized spacial score (nSPS) is 12.8. The zero-order valence-corrected chi connectivity index (χ0v) is 13.0. The zero-order valence-electron chi connectivity index (χ0n) is 11.4. The molecule has 0 aliphatic heterocycles. The zero-order chi connectivity index (χ0) is 15.0. The second-order valence-electron chi connectivity index (χ2n) is 4.96. The Hall–Kier alpha value is -1.72. The van der Waals surface area contributed by atoms with Crippen LogP contribution in [0, 0.1) is 5.82 Å². The molecule has 3 aromatic rings. The monoisotopic (exact) mass is 348 g/mol. The van der Waals surface area contributed by atoms with Crippen molar-refractivity contribution < 1.29 is 9.50 Å². The number of hydrogen-bond acceptors (Lipinski definition) is 2. The Morgan fingerprint density at radius 3 is 2.76 bits per heavy atom. The van der Waals surface area contributed by atoms with Gasteiger partial charge in [0.25, 0.3) is 0 Å². The summed E-state index contributed by atoms with van der Waals surface area (Å²) in [6.45, 7) is 0. The first-order valence-electron chi connectivity index (χ1n) is 6.59. The summed E-state index contributed by atoms with van der Waals surface area (Å²) in [4.78, 5) is 4.54. The van der Waals surface area contributed by atoms with Gasteiger partial charge >= 0.3 is 0 Å².